The molecule has 0 amide bonds. The van der Waals surface area contributed by atoms with Gasteiger partial charge in [0, 0.05) is 24.5 Å². The molecule has 1 aromatic carbocycles. The molecule has 0 saturated heterocycles. The van der Waals surface area contributed by atoms with Crippen molar-refractivity contribution in [3.05, 3.63) is 39.7 Å². The molecule has 0 aliphatic rings. The molecule has 1 heterocycles. The van der Waals surface area contributed by atoms with Crippen LogP contribution in [0.15, 0.2) is 22.7 Å². The van der Waals surface area contributed by atoms with Gasteiger partial charge in [-0.1, -0.05) is 0 Å². The predicted molar refractivity (Wildman–Crippen MR) is 78.4 cm³/mol. The smallest absolute Gasteiger partial charge is 0.224 e. The van der Waals surface area contributed by atoms with Crippen LogP contribution in [-0.4, -0.2) is 17.0 Å². The van der Waals surface area contributed by atoms with E-state index in [9.17, 15) is 4.39 Å². The fourth-order valence-corrected chi connectivity index (χ4v) is 2.01. The summed E-state index contributed by atoms with van der Waals surface area (Å²) < 4.78 is 13.8. The Kier molecular flexibility index (Phi) is 3.99. The maximum Gasteiger partial charge on any atom is 0.224 e. The van der Waals surface area contributed by atoms with E-state index in [4.69, 9.17) is 0 Å². The van der Waals surface area contributed by atoms with Crippen molar-refractivity contribution in [2.24, 2.45) is 0 Å². The molecule has 0 atom stereocenters. The number of aryl methyl sites for hydroxylation is 2. The Morgan fingerprint density at radius 2 is 1.89 bits per heavy atom. The summed E-state index contributed by atoms with van der Waals surface area (Å²) in [5.74, 6) is 0.928. The van der Waals surface area contributed by atoms with E-state index in [1.165, 1.54) is 6.07 Å². The van der Waals surface area contributed by atoms with E-state index < -0.39 is 0 Å². The summed E-state index contributed by atoms with van der Waals surface area (Å²) in [4.78, 5) is 8.51. The first kappa shape index (κ1) is 13.7. The Morgan fingerprint density at radius 3 is 2.58 bits per heavy atom. The molecule has 0 radical (unpaired) electrons. The van der Waals surface area contributed by atoms with Crippen LogP contribution in [0.2, 0.25) is 0 Å². The van der Waals surface area contributed by atoms with Crippen molar-refractivity contribution in [2.75, 3.05) is 17.7 Å². The molecular weight excluding hydrogens is 311 g/mol. The lowest BCUT2D eigenvalue weighted by atomic mass is 10.2. The van der Waals surface area contributed by atoms with Gasteiger partial charge >= 0.3 is 0 Å². The molecule has 0 aliphatic heterocycles. The Labute approximate surface area is 119 Å². The maximum atomic E-state index is 13.4. The van der Waals surface area contributed by atoms with Crippen LogP contribution in [0, 0.1) is 19.7 Å². The van der Waals surface area contributed by atoms with E-state index in [0.29, 0.717) is 16.2 Å². The Balaban J connectivity index is 2.36. The minimum absolute atomic E-state index is 0.280. The molecule has 0 fully saturated rings. The highest BCUT2D eigenvalue weighted by atomic mass is 79.9. The quantitative estimate of drug-likeness (QED) is 0.902. The van der Waals surface area contributed by atoms with Gasteiger partial charge < -0.3 is 10.6 Å². The summed E-state index contributed by atoms with van der Waals surface area (Å²) in [5, 5.41) is 6.07. The molecule has 19 heavy (non-hydrogen) atoms. The number of aromatic nitrogens is 2. The van der Waals surface area contributed by atoms with E-state index in [1.807, 2.05) is 19.9 Å². The van der Waals surface area contributed by atoms with Gasteiger partial charge in [-0.3, -0.25) is 0 Å². The van der Waals surface area contributed by atoms with E-state index in [1.54, 1.807) is 13.1 Å². The lowest BCUT2D eigenvalue weighted by Gasteiger charge is -2.11. The first-order chi connectivity index (χ1) is 8.99. The average Bonchev–Trinajstić information content (AvgIpc) is 2.35. The lowest BCUT2D eigenvalue weighted by Crippen LogP contribution is -2.03. The predicted octanol–water partition coefficient (Wildman–Crippen LogP) is 3.78. The van der Waals surface area contributed by atoms with E-state index in [2.05, 4.69) is 36.5 Å². The second-order valence-electron chi connectivity index (χ2n) is 4.17. The second kappa shape index (κ2) is 5.52. The minimum Gasteiger partial charge on any atom is -0.357 e. The van der Waals surface area contributed by atoms with Gasteiger partial charge in [0.1, 0.15) is 11.6 Å². The molecule has 0 saturated carbocycles. The molecule has 2 N–H and O–H groups in total. The minimum atomic E-state index is -0.280. The Hall–Kier alpha value is -1.69. The summed E-state index contributed by atoms with van der Waals surface area (Å²) in [6.07, 6.45) is 0. The van der Waals surface area contributed by atoms with Crippen LogP contribution in [0.4, 0.5) is 21.8 Å². The van der Waals surface area contributed by atoms with E-state index >= 15 is 0 Å². The molecule has 0 spiro atoms. The Bertz CT molecular complexity index is 616. The zero-order chi connectivity index (χ0) is 14.0. The van der Waals surface area contributed by atoms with E-state index in [-0.39, 0.29) is 5.82 Å². The Morgan fingerprint density at radius 1 is 1.16 bits per heavy atom. The molecule has 6 heteroatoms. The monoisotopic (exact) mass is 324 g/mol. The second-order valence-corrected chi connectivity index (χ2v) is 5.03. The third-order valence-electron chi connectivity index (χ3n) is 2.61. The van der Waals surface area contributed by atoms with Crippen LogP contribution < -0.4 is 10.6 Å². The molecule has 100 valence electrons. The third-order valence-corrected chi connectivity index (χ3v) is 3.22. The molecule has 2 rings (SSSR count). The zero-order valence-corrected chi connectivity index (χ0v) is 12.5. The molecular formula is C13H14BrFN4. The van der Waals surface area contributed by atoms with Crippen LogP contribution in [0.25, 0.3) is 0 Å². The third kappa shape index (κ3) is 3.20. The van der Waals surface area contributed by atoms with Gasteiger partial charge in [-0.25, -0.2) is 9.37 Å². The van der Waals surface area contributed by atoms with Gasteiger partial charge in [-0.15, -0.1) is 0 Å². The van der Waals surface area contributed by atoms with Gasteiger partial charge in [-0.05, 0) is 47.5 Å². The van der Waals surface area contributed by atoms with Crippen LogP contribution in [0.3, 0.4) is 0 Å². The van der Waals surface area contributed by atoms with Crippen LogP contribution in [0.1, 0.15) is 11.3 Å². The number of halogens is 2. The first-order valence-corrected chi connectivity index (χ1v) is 6.55. The number of nitrogens with one attached hydrogen (secondary N) is 2. The van der Waals surface area contributed by atoms with Crippen molar-refractivity contribution in [1.82, 2.24) is 9.97 Å². The van der Waals surface area contributed by atoms with Gasteiger partial charge in [-0.2, -0.15) is 4.98 Å². The number of hydrogen-bond donors (Lipinski definition) is 2. The van der Waals surface area contributed by atoms with Gasteiger partial charge in [0.2, 0.25) is 5.95 Å². The van der Waals surface area contributed by atoms with Crippen molar-refractivity contribution < 1.29 is 4.39 Å². The number of nitrogens with zero attached hydrogens (tertiary/aromatic N) is 2. The number of anilines is 3. The summed E-state index contributed by atoms with van der Waals surface area (Å²) in [6, 6.07) is 5.00. The highest BCUT2D eigenvalue weighted by molar-refractivity contribution is 9.10. The number of rotatable bonds is 3. The van der Waals surface area contributed by atoms with Crippen molar-refractivity contribution in [1.29, 1.82) is 0 Å². The average molecular weight is 325 g/mol. The number of hydrogen-bond acceptors (Lipinski definition) is 4. The van der Waals surface area contributed by atoms with Gasteiger partial charge in [0.05, 0.1) is 4.47 Å². The van der Waals surface area contributed by atoms with Gasteiger partial charge in [0.25, 0.3) is 0 Å². The molecule has 0 aliphatic carbocycles. The van der Waals surface area contributed by atoms with Crippen LogP contribution in [0.5, 0.6) is 0 Å². The van der Waals surface area contributed by atoms with Crippen molar-refractivity contribution >= 4 is 33.4 Å². The first-order valence-electron chi connectivity index (χ1n) is 5.75. The summed E-state index contributed by atoms with van der Waals surface area (Å²) >= 11 is 3.18. The fourth-order valence-electron chi connectivity index (χ4n) is 1.66. The van der Waals surface area contributed by atoms with Crippen molar-refractivity contribution in [3.8, 4) is 0 Å². The molecule has 0 bridgehead atoms. The topological polar surface area (TPSA) is 49.8 Å². The summed E-state index contributed by atoms with van der Waals surface area (Å²) in [7, 11) is 1.76. The van der Waals surface area contributed by atoms with Crippen molar-refractivity contribution in [2.45, 2.75) is 13.8 Å². The molecule has 4 nitrogen and oxygen atoms in total. The summed E-state index contributed by atoms with van der Waals surface area (Å²) in [5.41, 5.74) is 2.46. The standard InChI is InChI=1S/C13H14BrFN4/c1-7-4-10(15)9(14)6-11(7)18-12-5-8(2)17-13(16-3)19-12/h4-6H,1-3H3,(H2,16,17,18,19). The van der Waals surface area contributed by atoms with Gasteiger partial charge in [0.15, 0.2) is 0 Å². The van der Waals surface area contributed by atoms with Crippen LogP contribution in [-0.2, 0) is 0 Å². The SMILES string of the molecule is CNc1nc(C)cc(Nc2cc(Br)c(F)cc2C)n1. The molecule has 2 aromatic rings. The summed E-state index contributed by atoms with van der Waals surface area (Å²) in [6.45, 7) is 3.73. The largest absolute Gasteiger partial charge is 0.357 e. The molecule has 1 aromatic heterocycles. The highest BCUT2D eigenvalue weighted by Crippen LogP contribution is 2.26. The number of benzene rings is 1. The van der Waals surface area contributed by atoms with E-state index in [0.717, 1.165) is 16.9 Å². The van der Waals surface area contributed by atoms with Crippen molar-refractivity contribution in [3.63, 3.8) is 0 Å². The molecule has 0 unspecified atom stereocenters. The zero-order valence-electron chi connectivity index (χ0n) is 10.9. The fraction of sp³-hybridized carbons (Fsp3) is 0.231. The lowest BCUT2D eigenvalue weighted by molar-refractivity contribution is 0.620. The highest BCUT2D eigenvalue weighted by Gasteiger charge is 2.07. The van der Waals surface area contributed by atoms with Crippen LogP contribution >= 0.6 is 15.9 Å². The maximum absolute atomic E-state index is 13.4. The normalized spacial score (nSPS) is 10.4.